The van der Waals surface area contributed by atoms with Gasteiger partial charge in [-0.05, 0) is 48.9 Å². The first kappa shape index (κ1) is 13.8. The SMILES string of the molecule is CC1CCc2c(C(=O)Nc3cccc(Br)c3)csc2C1. The Kier molecular flexibility index (Phi) is 3.94. The molecular weight excluding hydrogens is 334 g/mol. The molecule has 0 fully saturated rings. The summed E-state index contributed by atoms with van der Waals surface area (Å²) in [5.74, 6) is 0.747. The molecule has 20 heavy (non-hydrogen) atoms. The number of halogens is 1. The Bertz CT molecular complexity index is 650. The van der Waals surface area contributed by atoms with E-state index in [9.17, 15) is 4.79 Å². The minimum atomic E-state index is 0.00940. The lowest BCUT2D eigenvalue weighted by Crippen LogP contribution is -2.16. The molecular formula is C16H16BrNOS. The lowest BCUT2D eigenvalue weighted by atomic mass is 9.88. The fraction of sp³-hybridized carbons (Fsp3) is 0.312. The highest BCUT2D eigenvalue weighted by molar-refractivity contribution is 9.10. The van der Waals surface area contributed by atoms with Gasteiger partial charge in [0, 0.05) is 20.4 Å². The largest absolute Gasteiger partial charge is 0.322 e. The summed E-state index contributed by atoms with van der Waals surface area (Å²) in [5.41, 5.74) is 2.95. The minimum Gasteiger partial charge on any atom is -0.322 e. The predicted molar refractivity (Wildman–Crippen MR) is 87.6 cm³/mol. The van der Waals surface area contributed by atoms with Gasteiger partial charge in [0.1, 0.15) is 0 Å². The highest BCUT2D eigenvalue weighted by Gasteiger charge is 2.23. The summed E-state index contributed by atoms with van der Waals surface area (Å²) in [7, 11) is 0. The van der Waals surface area contributed by atoms with Gasteiger partial charge in [-0.15, -0.1) is 11.3 Å². The Morgan fingerprint density at radius 2 is 2.30 bits per heavy atom. The number of rotatable bonds is 2. The van der Waals surface area contributed by atoms with Crippen LogP contribution in [0.15, 0.2) is 34.1 Å². The Hall–Kier alpha value is -1.13. The van der Waals surface area contributed by atoms with E-state index >= 15 is 0 Å². The normalized spacial score (nSPS) is 17.6. The third-order valence-electron chi connectivity index (χ3n) is 3.73. The summed E-state index contributed by atoms with van der Waals surface area (Å²) >= 11 is 5.15. The molecule has 3 rings (SSSR count). The van der Waals surface area contributed by atoms with Gasteiger partial charge in [0.2, 0.25) is 0 Å². The summed E-state index contributed by atoms with van der Waals surface area (Å²) in [6, 6.07) is 7.69. The summed E-state index contributed by atoms with van der Waals surface area (Å²) in [6.45, 7) is 2.28. The first-order chi connectivity index (χ1) is 9.63. The Morgan fingerprint density at radius 3 is 3.10 bits per heavy atom. The standard InChI is InChI=1S/C16H16BrNOS/c1-10-5-6-13-14(9-20-15(13)7-10)16(19)18-12-4-2-3-11(17)8-12/h2-4,8-10H,5-7H2,1H3,(H,18,19). The van der Waals surface area contributed by atoms with E-state index in [0.29, 0.717) is 0 Å². The van der Waals surface area contributed by atoms with E-state index in [1.807, 2.05) is 29.6 Å². The number of nitrogens with one attached hydrogen (secondary N) is 1. The van der Waals surface area contributed by atoms with Gasteiger partial charge in [-0.3, -0.25) is 4.79 Å². The number of amides is 1. The van der Waals surface area contributed by atoms with Crippen LogP contribution >= 0.6 is 27.3 Å². The molecule has 1 aliphatic rings. The summed E-state index contributed by atoms with van der Waals surface area (Å²) in [6.07, 6.45) is 3.33. The second-order valence-corrected chi connectivity index (χ2v) is 7.24. The molecule has 1 aromatic heterocycles. The van der Waals surface area contributed by atoms with Crippen molar-refractivity contribution in [2.45, 2.75) is 26.2 Å². The van der Waals surface area contributed by atoms with Gasteiger partial charge < -0.3 is 5.32 Å². The van der Waals surface area contributed by atoms with Crippen molar-refractivity contribution < 1.29 is 4.79 Å². The smallest absolute Gasteiger partial charge is 0.256 e. The highest BCUT2D eigenvalue weighted by atomic mass is 79.9. The number of anilines is 1. The molecule has 0 spiro atoms. The first-order valence-corrected chi connectivity index (χ1v) is 8.47. The number of fused-ring (bicyclic) bond motifs is 1. The van der Waals surface area contributed by atoms with Crippen LogP contribution in [-0.4, -0.2) is 5.91 Å². The van der Waals surface area contributed by atoms with Crippen molar-refractivity contribution >= 4 is 38.9 Å². The molecule has 1 N–H and O–H groups in total. The molecule has 1 aromatic carbocycles. The molecule has 0 saturated heterocycles. The van der Waals surface area contributed by atoms with Crippen LogP contribution in [0.2, 0.25) is 0 Å². The van der Waals surface area contributed by atoms with E-state index in [4.69, 9.17) is 0 Å². The van der Waals surface area contributed by atoms with Crippen molar-refractivity contribution in [3.8, 4) is 0 Å². The fourth-order valence-electron chi connectivity index (χ4n) is 2.63. The van der Waals surface area contributed by atoms with Crippen LogP contribution in [0.5, 0.6) is 0 Å². The van der Waals surface area contributed by atoms with E-state index in [0.717, 1.165) is 34.5 Å². The molecule has 2 nitrogen and oxygen atoms in total. The van der Waals surface area contributed by atoms with Crippen LogP contribution in [0.1, 0.15) is 34.1 Å². The average Bonchev–Trinajstić information content (AvgIpc) is 2.81. The lowest BCUT2D eigenvalue weighted by molar-refractivity contribution is 0.102. The van der Waals surface area contributed by atoms with Gasteiger partial charge in [-0.2, -0.15) is 0 Å². The predicted octanol–water partition coefficient (Wildman–Crippen LogP) is 4.89. The van der Waals surface area contributed by atoms with Crippen LogP contribution in [0.4, 0.5) is 5.69 Å². The zero-order valence-electron chi connectivity index (χ0n) is 11.3. The van der Waals surface area contributed by atoms with E-state index in [1.165, 1.54) is 16.9 Å². The number of benzene rings is 1. The third kappa shape index (κ3) is 2.81. The summed E-state index contributed by atoms with van der Waals surface area (Å²) < 4.78 is 0.969. The lowest BCUT2D eigenvalue weighted by Gasteiger charge is -2.18. The first-order valence-electron chi connectivity index (χ1n) is 6.79. The minimum absolute atomic E-state index is 0.00940. The average molecular weight is 350 g/mol. The monoisotopic (exact) mass is 349 g/mol. The van der Waals surface area contributed by atoms with Crippen molar-refractivity contribution in [2.24, 2.45) is 5.92 Å². The molecule has 2 aromatic rings. The molecule has 1 heterocycles. The molecule has 1 amide bonds. The molecule has 1 aliphatic carbocycles. The maximum absolute atomic E-state index is 12.4. The number of carbonyl (C=O) groups is 1. The quantitative estimate of drug-likeness (QED) is 0.821. The molecule has 4 heteroatoms. The van der Waals surface area contributed by atoms with Gasteiger partial charge in [-0.25, -0.2) is 0 Å². The molecule has 0 aliphatic heterocycles. The van der Waals surface area contributed by atoms with E-state index in [1.54, 1.807) is 11.3 Å². The topological polar surface area (TPSA) is 29.1 Å². The van der Waals surface area contributed by atoms with Crippen LogP contribution < -0.4 is 5.32 Å². The third-order valence-corrected chi connectivity index (χ3v) is 5.27. The summed E-state index contributed by atoms with van der Waals surface area (Å²) in [4.78, 5) is 13.8. The van der Waals surface area contributed by atoms with Crippen molar-refractivity contribution in [1.29, 1.82) is 0 Å². The van der Waals surface area contributed by atoms with Gasteiger partial charge in [0.05, 0.1) is 5.56 Å². The molecule has 0 bridgehead atoms. The van der Waals surface area contributed by atoms with Crippen molar-refractivity contribution in [2.75, 3.05) is 5.32 Å². The van der Waals surface area contributed by atoms with Crippen LogP contribution in [-0.2, 0) is 12.8 Å². The number of hydrogen-bond donors (Lipinski definition) is 1. The number of hydrogen-bond acceptors (Lipinski definition) is 2. The highest BCUT2D eigenvalue weighted by Crippen LogP contribution is 2.33. The van der Waals surface area contributed by atoms with Crippen LogP contribution in [0.3, 0.4) is 0 Å². The second kappa shape index (κ2) is 5.70. The van der Waals surface area contributed by atoms with Crippen molar-refractivity contribution in [3.63, 3.8) is 0 Å². The zero-order valence-corrected chi connectivity index (χ0v) is 13.7. The number of thiophene rings is 1. The maximum Gasteiger partial charge on any atom is 0.256 e. The second-order valence-electron chi connectivity index (χ2n) is 5.36. The van der Waals surface area contributed by atoms with E-state index < -0.39 is 0 Å². The Morgan fingerprint density at radius 1 is 1.45 bits per heavy atom. The van der Waals surface area contributed by atoms with E-state index in [2.05, 4.69) is 28.2 Å². The molecule has 1 unspecified atom stereocenters. The van der Waals surface area contributed by atoms with Crippen molar-refractivity contribution in [3.05, 3.63) is 50.1 Å². The Labute approximate surface area is 131 Å². The fourth-order valence-corrected chi connectivity index (χ4v) is 4.28. The van der Waals surface area contributed by atoms with Crippen LogP contribution in [0.25, 0.3) is 0 Å². The number of carbonyl (C=O) groups excluding carboxylic acids is 1. The van der Waals surface area contributed by atoms with E-state index in [-0.39, 0.29) is 5.91 Å². The van der Waals surface area contributed by atoms with Crippen LogP contribution in [0, 0.1) is 5.92 Å². The molecule has 0 saturated carbocycles. The van der Waals surface area contributed by atoms with Gasteiger partial charge in [0.25, 0.3) is 5.91 Å². The zero-order chi connectivity index (χ0) is 14.1. The Balaban J connectivity index is 1.81. The summed E-state index contributed by atoms with van der Waals surface area (Å²) in [5, 5.41) is 4.99. The van der Waals surface area contributed by atoms with Gasteiger partial charge >= 0.3 is 0 Å². The van der Waals surface area contributed by atoms with Gasteiger partial charge in [0.15, 0.2) is 0 Å². The molecule has 1 atom stereocenters. The molecule has 104 valence electrons. The van der Waals surface area contributed by atoms with Crippen molar-refractivity contribution in [1.82, 2.24) is 0 Å². The maximum atomic E-state index is 12.4. The van der Waals surface area contributed by atoms with Gasteiger partial charge in [-0.1, -0.05) is 28.9 Å². The molecule has 0 radical (unpaired) electrons.